The molecule has 0 spiro atoms. The van der Waals surface area contributed by atoms with Crippen LogP contribution in [0.15, 0.2) is 35.6 Å². The van der Waals surface area contributed by atoms with E-state index in [-0.39, 0.29) is 33.8 Å². The highest BCUT2D eigenvalue weighted by Gasteiger charge is 2.66. The van der Waals surface area contributed by atoms with Gasteiger partial charge in [0.05, 0.1) is 18.4 Å². The van der Waals surface area contributed by atoms with E-state index in [9.17, 15) is 31.1 Å². The minimum Gasteiger partial charge on any atom is -0.470 e. The van der Waals surface area contributed by atoms with E-state index in [0.29, 0.717) is 6.42 Å². The van der Waals surface area contributed by atoms with E-state index >= 15 is 0 Å². The average molecular weight is 531 g/mol. The molecule has 3 N–H and O–H groups in total. The van der Waals surface area contributed by atoms with Gasteiger partial charge in [0.2, 0.25) is 11.8 Å². The average Bonchev–Trinajstić information content (AvgIpc) is 3.59. The second-order valence-electron chi connectivity index (χ2n) is 8.16. The van der Waals surface area contributed by atoms with Crippen LogP contribution < -0.4 is 15.8 Å². The molecule has 1 aromatic carbocycles. The van der Waals surface area contributed by atoms with Crippen LogP contribution in [0.3, 0.4) is 0 Å². The molecule has 36 heavy (non-hydrogen) atoms. The number of aliphatic imine (C=N–C) groups is 1. The Balaban J connectivity index is 1.52. The zero-order chi connectivity index (χ0) is 26.3. The van der Waals surface area contributed by atoms with Gasteiger partial charge in [0, 0.05) is 18.5 Å². The van der Waals surface area contributed by atoms with Crippen LogP contribution in [0.25, 0.3) is 11.9 Å². The van der Waals surface area contributed by atoms with Crippen molar-refractivity contribution in [2.24, 2.45) is 16.6 Å². The number of nitrogens with one attached hydrogen (secondary N) is 1. The molecule has 2 aliphatic rings. The molecule has 1 aliphatic carbocycles. The van der Waals surface area contributed by atoms with Crippen molar-refractivity contribution in [1.82, 2.24) is 15.3 Å². The van der Waals surface area contributed by atoms with Crippen LogP contribution in [0, 0.1) is 11.7 Å². The number of hydrogen-bond donors (Lipinski definition) is 2. The zero-order valence-corrected chi connectivity index (χ0v) is 19.3. The molecule has 1 saturated carbocycles. The first-order valence-corrected chi connectivity index (χ1v) is 11.3. The second-order valence-corrected chi connectivity index (χ2v) is 9.51. The zero-order valence-electron chi connectivity index (χ0n) is 18.5. The maximum atomic E-state index is 14.8. The number of nitrogens with zero attached hydrogens (tertiary/aromatic N) is 3. The molecule has 0 radical (unpaired) electrons. The topological polar surface area (TPSA) is 102 Å². The van der Waals surface area contributed by atoms with Gasteiger partial charge in [0.1, 0.15) is 16.3 Å². The molecule has 0 bridgehead atoms. The second kappa shape index (κ2) is 9.64. The number of amides is 1. The van der Waals surface area contributed by atoms with E-state index in [4.69, 9.17) is 5.73 Å². The summed E-state index contributed by atoms with van der Waals surface area (Å²) in [4.78, 5) is 24.0. The van der Waals surface area contributed by atoms with E-state index in [1.807, 2.05) is 0 Å². The highest BCUT2D eigenvalue weighted by Crippen LogP contribution is 2.63. The summed E-state index contributed by atoms with van der Waals surface area (Å²) in [5, 5.41) is 2.73. The third-order valence-corrected chi connectivity index (χ3v) is 7.08. The molecule has 1 aromatic heterocycles. The highest BCUT2D eigenvalue weighted by molar-refractivity contribution is 8.15. The number of aromatic nitrogens is 2. The number of thioether (sulfide) groups is 1. The van der Waals surface area contributed by atoms with E-state index < -0.39 is 47.3 Å². The van der Waals surface area contributed by atoms with E-state index in [2.05, 4.69) is 25.0 Å². The molecule has 7 nitrogen and oxygen atoms in total. The molecule has 1 aliphatic heterocycles. The fraction of sp³-hybridized carbons (Fsp3) is 0.364. The molecule has 1 amide bonds. The van der Waals surface area contributed by atoms with Crippen LogP contribution in [0.1, 0.15) is 29.3 Å². The number of carbonyl (C=O) groups excluding carboxylic acids is 1. The van der Waals surface area contributed by atoms with Gasteiger partial charge in [-0.3, -0.25) is 9.79 Å². The minimum absolute atomic E-state index is 0.144. The summed E-state index contributed by atoms with van der Waals surface area (Å²) in [6, 6.07) is 3.11. The van der Waals surface area contributed by atoms with Crippen molar-refractivity contribution < 1.29 is 35.9 Å². The summed E-state index contributed by atoms with van der Waals surface area (Å²) in [6.45, 7) is -1.62. The summed E-state index contributed by atoms with van der Waals surface area (Å²) >= 11 is 1.14. The van der Waals surface area contributed by atoms with Crippen LogP contribution in [-0.4, -0.2) is 51.8 Å². The Labute approximate surface area is 205 Å². The molecule has 3 unspecified atom stereocenters. The van der Waals surface area contributed by atoms with E-state index in [0.717, 1.165) is 36.3 Å². The van der Waals surface area contributed by atoms with Gasteiger partial charge in [-0.05, 0) is 30.2 Å². The van der Waals surface area contributed by atoms with Crippen LogP contribution in [0.2, 0.25) is 0 Å². The van der Waals surface area contributed by atoms with Crippen LogP contribution in [-0.2, 0) is 4.79 Å². The number of carbonyl (C=O) groups is 1. The molecule has 1 fully saturated rings. The lowest BCUT2D eigenvalue weighted by Crippen LogP contribution is -2.38. The highest BCUT2D eigenvalue weighted by atomic mass is 32.2. The predicted octanol–water partition coefficient (Wildman–Crippen LogP) is 3.97. The van der Waals surface area contributed by atoms with Gasteiger partial charge in [0.25, 0.3) is 0 Å². The Morgan fingerprint density at radius 3 is 2.75 bits per heavy atom. The minimum atomic E-state index is -4.38. The summed E-state index contributed by atoms with van der Waals surface area (Å²) < 4.78 is 83.5. The van der Waals surface area contributed by atoms with E-state index in [1.165, 1.54) is 19.2 Å². The Hall–Kier alpha value is -3.29. The Morgan fingerprint density at radius 2 is 2.11 bits per heavy atom. The van der Waals surface area contributed by atoms with Crippen molar-refractivity contribution in [2.45, 2.75) is 29.6 Å². The first kappa shape index (κ1) is 25.8. The third kappa shape index (κ3) is 4.99. The van der Waals surface area contributed by atoms with Crippen molar-refractivity contribution >= 4 is 34.7 Å². The smallest absolute Gasteiger partial charge is 0.340 e. The van der Waals surface area contributed by atoms with Gasteiger partial charge < -0.3 is 15.8 Å². The normalized spacial score (nSPS) is 23.7. The number of halogens is 6. The third-order valence-electron chi connectivity index (χ3n) is 5.74. The number of benzene rings is 1. The Morgan fingerprint density at radius 1 is 1.36 bits per heavy atom. The Kier molecular flexibility index (Phi) is 6.90. The summed E-state index contributed by atoms with van der Waals surface area (Å²) in [6.07, 6.45) is -0.740. The molecule has 0 saturated heterocycles. The number of hydrogen-bond acceptors (Lipinski definition) is 7. The molecular weight excluding hydrogens is 512 g/mol. The fourth-order valence-corrected chi connectivity index (χ4v) is 5.12. The van der Waals surface area contributed by atoms with Gasteiger partial charge in [-0.2, -0.15) is 8.78 Å². The van der Waals surface area contributed by atoms with Crippen molar-refractivity contribution in [3.63, 3.8) is 0 Å². The summed E-state index contributed by atoms with van der Waals surface area (Å²) in [5.41, 5.74) is 6.00. The number of alkyl halides is 4. The molecule has 4 rings (SSSR count). The molecule has 192 valence electrons. The van der Waals surface area contributed by atoms with Gasteiger partial charge in [-0.1, -0.05) is 17.8 Å². The monoisotopic (exact) mass is 531 g/mol. The standard InChI is InChI=1S/C22H19F6N5O2S/c1-30-19(34)21-6-12(21)17(33-20(29)36-21)11-4-10(2-3-13(11)23)5-14(24)15-7-32-16(8-31-15)35-9-22(27,28)18(25)26/h2-5,7-8,12,17-18H,6,9H2,1H3,(H2,29,33)(H,30,34)/b14-5-. The number of rotatable bonds is 8. The maximum absolute atomic E-state index is 14.8. The van der Waals surface area contributed by atoms with Gasteiger partial charge in [-0.15, -0.1) is 0 Å². The lowest BCUT2D eigenvalue weighted by atomic mass is 9.98. The lowest BCUT2D eigenvalue weighted by Gasteiger charge is -2.25. The largest absolute Gasteiger partial charge is 0.470 e. The summed E-state index contributed by atoms with van der Waals surface area (Å²) in [7, 11) is 1.50. The number of nitrogens with two attached hydrogens (primary N) is 1. The predicted molar refractivity (Wildman–Crippen MR) is 121 cm³/mol. The number of amidine groups is 1. The Bertz CT molecular complexity index is 1230. The number of ether oxygens (including phenoxy) is 1. The quantitative estimate of drug-likeness (QED) is 0.500. The van der Waals surface area contributed by atoms with Crippen LogP contribution in [0.4, 0.5) is 26.3 Å². The first-order chi connectivity index (χ1) is 17.0. The van der Waals surface area contributed by atoms with Crippen molar-refractivity contribution in [1.29, 1.82) is 0 Å². The van der Waals surface area contributed by atoms with Crippen molar-refractivity contribution in [3.8, 4) is 5.88 Å². The van der Waals surface area contributed by atoms with Gasteiger partial charge >= 0.3 is 12.3 Å². The van der Waals surface area contributed by atoms with Gasteiger partial charge in [0.15, 0.2) is 17.6 Å². The molecular formula is C22H19F6N5O2S. The fourth-order valence-electron chi connectivity index (χ4n) is 3.84. The van der Waals surface area contributed by atoms with Crippen molar-refractivity contribution in [2.75, 3.05) is 13.7 Å². The lowest BCUT2D eigenvalue weighted by molar-refractivity contribution is -0.148. The molecule has 3 atom stereocenters. The summed E-state index contributed by atoms with van der Waals surface area (Å²) in [5.74, 6) is -6.88. The van der Waals surface area contributed by atoms with Crippen LogP contribution in [0.5, 0.6) is 5.88 Å². The van der Waals surface area contributed by atoms with Crippen molar-refractivity contribution in [3.05, 3.63) is 53.2 Å². The van der Waals surface area contributed by atoms with Gasteiger partial charge in [-0.25, -0.2) is 27.5 Å². The van der Waals surface area contributed by atoms with Crippen LogP contribution >= 0.6 is 11.8 Å². The molecule has 14 heteroatoms. The number of fused-ring (bicyclic) bond motifs is 1. The molecule has 2 aromatic rings. The van der Waals surface area contributed by atoms with E-state index in [1.54, 1.807) is 0 Å². The maximum Gasteiger partial charge on any atom is 0.340 e. The SMILES string of the molecule is CNC(=O)C12CC1C(c1cc(/C=C(\F)c3cnc(OCC(F)(F)C(F)F)cn3)ccc1F)N=C(N)S2. The molecule has 2 heterocycles. The first-order valence-electron chi connectivity index (χ1n) is 10.5.